The number of nitrogens with zero attached hydrogens (tertiary/aromatic N) is 4. The fourth-order valence-corrected chi connectivity index (χ4v) is 3.55. The van der Waals surface area contributed by atoms with E-state index in [4.69, 9.17) is 11.6 Å². The third kappa shape index (κ3) is 3.13. The van der Waals surface area contributed by atoms with Crippen molar-refractivity contribution in [3.05, 3.63) is 27.1 Å². The molecule has 0 aromatic carbocycles. The van der Waals surface area contributed by atoms with Gasteiger partial charge in [0, 0.05) is 43.4 Å². The van der Waals surface area contributed by atoms with Crippen molar-refractivity contribution in [1.29, 1.82) is 0 Å². The van der Waals surface area contributed by atoms with Crippen LogP contribution in [0.4, 0.5) is 14.7 Å². The highest BCUT2D eigenvalue weighted by molar-refractivity contribution is 9.09. The summed E-state index contributed by atoms with van der Waals surface area (Å²) in [5.41, 5.74) is 0.964. The summed E-state index contributed by atoms with van der Waals surface area (Å²) in [5, 5.41) is 0.246. The van der Waals surface area contributed by atoms with Gasteiger partial charge in [-0.2, -0.15) is 0 Å². The predicted octanol–water partition coefficient (Wildman–Crippen LogP) is 3.67. The second-order valence-electron chi connectivity index (χ2n) is 5.97. The van der Waals surface area contributed by atoms with Crippen LogP contribution in [0.25, 0.3) is 11.0 Å². The van der Waals surface area contributed by atoms with Gasteiger partial charge in [0.25, 0.3) is 11.5 Å². The zero-order chi connectivity index (χ0) is 17.6. The first-order valence-electron chi connectivity index (χ1n) is 7.53. The third-order valence-corrected chi connectivity index (χ3v) is 5.01. The van der Waals surface area contributed by atoms with E-state index in [1.54, 1.807) is 18.0 Å². The van der Waals surface area contributed by atoms with Gasteiger partial charge >= 0.3 is 0 Å². The van der Waals surface area contributed by atoms with Crippen LogP contribution in [-0.2, 0) is 7.05 Å². The third-order valence-electron chi connectivity index (χ3n) is 4.22. The molecule has 2 aromatic heterocycles. The minimum Gasteiger partial charge on any atom is -0.342 e. The fraction of sp³-hybridized carbons (Fsp3) is 0.533. The van der Waals surface area contributed by atoms with Gasteiger partial charge in [-0.3, -0.25) is 9.36 Å². The smallest absolute Gasteiger partial charge is 0.281 e. The normalized spacial score (nSPS) is 18.8. The van der Waals surface area contributed by atoms with Gasteiger partial charge < -0.3 is 4.90 Å². The quantitative estimate of drug-likeness (QED) is 0.548. The number of rotatable bonds is 2. The molecular formula is C15H16BrClF2N4O. The van der Waals surface area contributed by atoms with Gasteiger partial charge in [0.15, 0.2) is 5.52 Å². The Bertz CT molecular complexity index is 845. The molecule has 1 aliphatic rings. The first kappa shape index (κ1) is 17.5. The topological polar surface area (TPSA) is 51.0 Å². The zero-order valence-corrected chi connectivity index (χ0v) is 15.5. The number of fused-ring (bicyclic) bond motifs is 1. The number of piperidine rings is 1. The van der Waals surface area contributed by atoms with Crippen molar-refractivity contribution in [2.24, 2.45) is 7.05 Å². The van der Waals surface area contributed by atoms with E-state index >= 15 is 0 Å². The SMILES string of the molecule is CC(Br)c1cc2nc(N3CCC(F)(F)CC3)n(C)c(=O)c2nc1Cl. The van der Waals surface area contributed by atoms with Crippen molar-refractivity contribution in [3.8, 4) is 0 Å². The van der Waals surface area contributed by atoms with E-state index < -0.39 is 5.92 Å². The maximum absolute atomic E-state index is 13.4. The number of hydrogen-bond donors (Lipinski definition) is 0. The van der Waals surface area contributed by atoms with Crippen molar-refractivity contribution in [3.63, 3.8) is 0 Å². The molecule has 0 radical (unpaired) electrons. The first-order valence-corrected chi connectivity index (χ1v) is 8.83. The molecule has 130 valence electrons. The maximum Gasteiger partial charge on any atom is 0.281 e. The highest BCUT2D eigenvalue weighted by Crippen LogP contribution is 2.31. The van der Waals surface area contributed by atoms with Gasteiger partial charge in [-0.15, -0.1) is 0 Å². The highest BCUT2D eigenvalue weighted by Gasteiger charge is 2.35. The molecule has 5 nitrogen and oxygen atoms in total. The van der Waals surface area contributed by atoms with Gasteiger partial charge in [-0.1, -0.05) is 27.5 Å². The number of hydrogen-bond acceptors (Lipinski definition) is 4. The first-order chi connectivity index (χ1) is 11.2. The molecule has 0 spiro atoms. The van der Waals surface area contributed by atoms with Crippen molar-refractivity contribution >= 4 is 44.5 Å². The lowest BCUT2D eigenvalue weighted by Crippen LogP contribution is -2.42. The summed E-state index contributed by atoms with van der Waals surface area (Å²) < 4.78 is 28.1. The van der Waals surface area contributed by atoms with E-state index in [-0.39, 0.29) is 47.0 Å². The maximum atomic E-state index is 13.4. The minimum atomic E-state index is -2.65. The number of anilines is 1. The second-order valence-corrected chi connectivity index (χ2v) is 7.70. The largest absolute Gasteiger partial charge is 0.342 e. The van der Waals surface area contributed by atoms with Crippen LogP contribution in [0.15, 0.2) is 10.9 Å². The van der Waals surface area contributed by atoms with Gasteiger partial charge in [0.2, 0.25) is 5.95 Å². The van der Waals surface area contributed by atoms with Gasteiger partial charge in [-0.25, -0.2) is 18.7 Å². The van der Waals surface area contributed by atoms with Crippen LogP contribution in [0.3, 0.4) is 0 Å². The molecule has 0 N–H and O–H groups in total. The molecule has 1 atom stereocenters. The number of pyridine rings is 1. The molecule has 0 amide bonds. The van der Waals surface area contributed by atoms with E-state index in [0.29, 0.717) is 11.5 Å². The lowest BCUT2D eigenvalue weighted by molar-refractivity contribution is -0.0223. The average molecular weight is 422 g/mol. The van der Waals surface area contributed by atoms with E-state index in [0.717, 1.165) is 5.56 Å². The Kier molecular flexibility index (Phi) is 4.55. The predicted molar refractivity (Wildman–Crippen MR) is 93.5 cm³/mol. The average Bonchev–Trinajstić information content (AvgIpc) is 2.51. The second kappa shape index (κ2) is 6.22. The Balaban J connectivity index is 2.11. The van der Waals surface area contributed by atoms with Gasteiger partial charge in [-0.05, 0) is 13.0 Å². The van der Waals surface area contributed by atoms with Crippen molar-refractivity contribution in [2.75, 3.05) is 18.0 Å². The van der Waals surface area contributed by atoms with Crippen LogP contribution in [0.1, 0.15) is 30.2 Å². The van der Waals surface area contributed by atoms with Crippen molar-refractivity contribution in [1.82, 2.24) is 14.5 Å². The number of alkyl halides is 3. The molecule has 1 fully saturated rings. The summed E-state index contributed by atoms with van der Waals surface area (Å²) in [6, 6.07) is 1.72. The summed E-state index contributed by atoms with van der Waals surface area (Å²) in [6.45, 7) is 2.20. The minimum absolute atomic E-state index is 0.0510. The van der Waals surface area contributed by atoms with Crippen molar-refractivity contribution < 1.29 is 8.78 Å². The van der Waals surface area contributed by atoms with Crippen LogP contribution >= 0.6 is 27.5 Å². The summed E-state index contributed by atoms with van der Waals surface area (Å²) in [4.78, 5) is 22.9. The van der Waals surface area contributed by atoms with Crippen LogP contribution < -0.4 is 10.5 Å². The standard InChI is InChI=1S/C15H16BrClF2N4O/c1-8(16)9-7-10-11(21-12(9)17)13(24)22(2)14(20-10)23-5-3-15(18,19)4-6-23/h7-8H,3-6H2,1-2H3. The van der Waals surface area contributed by atoms with Gasteiger partial charge in [0.05, 0.1) is 5.52 Å². The molecule has 2 aromatic rings. The highest BCUT2D eigenvalue weighted by atomic mass is 79.9. The Hall–Kier alpha value is -1.28. The summed E-state index contributed by atoms with van der Waals surface area (Å²) >= 11 is 9.56. The summed E-state index contributed by atoms with van der Waals surface area (Å²) in [5.74, 6) is -2.28. The van der Waals surface area contributed by atoms with Crippen LogP contribution in [0.5, 0.6) is 0 Å². The number of aromatic nitrogens is 3. The molecule has 0 aliphatic carbocycles. The lowest BCUT2D eigenvalue weighted by Gasteiger charge is -2.33. The molecule has 0 bridgehead atoms. The molecule has 3 rings (SSSR count). The van der Waals surface area contributed by atoms with Crippen LogP contribution in [0.2, 0.25) is 5.15 Å². The zero-order valence-electron chi connectivity index (χ0n) is 13.2. The monoisotopic (exact) mass is 420 g/mol. The molecule has 1 saturated heterocycles. The Labute approximate surface area is 150 Å². The van der Waals surface area contributed by atoms with Gasteiger partial charge in [0.1, 0.15) is 5.15 Å². The van der Waals surface area contributed by atoms with E-state index in [2.05, 4.69) is 25.9 Å². The molecule has 0 saturated carbocycles. The molecule has 1 unspecified atom stereocenters. The van der Waals surface area contributed by atoms with Crippen LogP contribution in [-0.4, -0.2) is 33.5 Å². The summed E-state index contributed by atoms with van der Waals surface area (Å²) in [7, 11) is 1.56. The molecule has 24 heavy (non-hydrogen) atoms. The van der Waals surface area contributed by atoms with E-state index in [1.165, 1.54) is 4.57 Å². The van der Waals surface area contributed by atoms with Crippen molar-refractivity contribution in [2.45, 2.75) is 30.5 Å². The Morgan fingerprint density at radius 3 is 2.54 bits per heavy atom. The van der Waals surface area contributed by atoms with E-state index in [9.17, 15) is 13.6 Å². The Morgan fingerprint density at radius 2 is 1.96 bits per heavy atom. The summed E-state index contributed by atoms with van der Waals surface area (Å²) in [6.07, 6.45) is -0.493. The lowest BCUT2D eigenvalue weighted by atomic mass is 10.1. The molecule has 3 heterocycles. The molecule has 1 aliphatic heterocycles. The molecule has 9 heteroatoms. The van der Waals surface area contributed by atoms with Crippen LogP contribution in [0, 0.1) is 0 Å². The van der Waals surface area contributed by atoms with E-state index in [1.807, 2.05) is 6.92 Å². The molecular weight excluding hydrogens is 406 g/mol. The Morgan fingerprint density at radius 1 is 1.33 bits per heavy atom. The fourth-order valence-electron chi connectivity index (χ4n) is 2.77. The number of halogens is 4.